The number of pyridine rings is 1. The van der Waals surface area contributed by atoms with E-state index in [1.54, 1.807) is 24.5 Å². The zero-order chi connectivity index (χ0) is 22.8. The van der Waals surface area contributed by atoms with Crippen molar-refractivity contribution < 1.29 is 13.2 Å². The lowest BCUT2D eigenvalue weighted by Crippen LogP contribution is -2.41. The van der Waals surface area contributed by atoms with Gasteiger partial charge in [-0.2, -0.15) is 4.31 Å². The minimum atomic E-state index is -3.60. The van der Waals surface area contributed by atoms with Gasteiger partial charge in [0.2, 0.25) is 15.9 Å². The highest BCUT2D eigenvalue weighted by molar-refractivity contribution is 7.89. The van der Waals surface area contributed by atoms with Crippen molar-refractivity contribution in [3.8, 4) is 11.3 Å². The lowest BCUT2D eigenvalue weighted by molar-refractivity contribution is -0.120. The molecule has 0 atom stereocenters. The Kier molecular flexibility index (Phi) is 5.92. The number of rotatable bonds is 5. The van der Waals surface area contributed by atoms with E-state index in [0.29, 0.717) is 31.1 Å². The molecule has 1 N–H and O–H groups in total. The lowest BCUT2D eigenvalue weighted by atomic mass is 9.97. The second-order valence-corrected chi connectivity index (χ2v) is 10.7. The first-order chi connectivity index (χ1) is 16.0. The summed E-state index contributed by atoms with van der Waals surface area (Å²) in [5.41, 5.74) is 1.72. The molecule has 33 heavy (non-hydrogen) atoms. The van der Waals surface area contributed by atoms with E-state index < -0.39 is 10.0 Å². The third-order valence-electron chi connectivity index (χ3n) is 5.89. The fourth-order valence-corrected chi connectivity index (χ4v) is 6.26. The topological polar surface area (TPSA) is 92.3 Å². The Hall–Kier alpha value is -3.14. The van der Waals surface area contributed by atoms with Crippen molar-refractivity contribution in [3.63, 3.8) is 0 Å². The molecule has 0 bridgehead atoms. The summed E-state index contributed by atoms with van der Waals surface area (Å²) in [5, 5.41) is 7.22. The summed E-state index contributed by atoms with van der Waals surface area (Å²) in [7, 11) is -3.60. The van der Waals surface area contributed by atoms with Gasteiger partial charge in [0.1, 0.15) is 0 Å². The number of piperidine rings is 1. The number of nitrogens with zero attached hydrogens (tertiary/aromatic N) is 3. The van der Waals surface area contributed by atoms with Gasteiger partial charge in [-0.25, -0.2) is 13.4 Å². The van der Waals surface area contributed by atoms with E-state index in [9.17, 15) is 13.2 Å². The van der Waals surface area contributed by atoms with Crippen molar-refractivity contribution in [2.45, 2.75) is 17.7 Å². The summed E-state index contributed by atoms with van der Waals surface area (Å²) in [6.07, 6.45) is 4.35. The minimum Gasteiger partial charge on any atom is -0.302 e. The monoisotopic (exact) mass is 478 g/mol. The molecule has 5 rings (SSSR count). The second kappa shape index (κ2) is 9.01. The third-order valence-corrected chi connectivity index (χ3v) is 8.55. The summed E-state index contributed by atoms with van der Waals surface area (Å²) in [5.74, 6) is -0.366. The van der Waals surface area contributed by atoms with Gasteiger partial charge in [-0.15, -0.1) is 11.3 Å². The van der Waals surface area contributed by atoms with Crippen LogP contribution >= 0.6 is 11.3 Å². The third kappa shape index (κ3) is 4.52. The van der Waals surface area contributed by atoms with Crippen molar-refractivity contribution in [2.75, 3.05) is 18.4 Å². The van der Waals surface area contributed by atoms with E-state index in [0.717, 1.165) is 22.0 Å². The summed E-state index contributed by atoms with van der Waals surface area (Å²) >= 11 is 1.37. The van der Waals surface area contributed by atoms with Crippen LogP contribution in [0.5, 0.6) is 0 Å². The van der Waals surface area contributed by atoms with Gasteiger partial charge < -0.3 is 5.32 Å². The van der Waals surface area contributed by atoms with E-state index >= 15 is 0 Å². The first kappa shape index (κ1) is 21.7. The molecule has 168 valence electrons. The highest BCUT2D eigenvalue weighted by Gasteiger charge is 2.32. The molecule has 3 heterocycles. The Balaban J connectivity index is 1.22. The summed E-state index contributed by atoms with van der Waals surface area (Å²) in [4.78, 5) is 21.5. The molecule has 7 nitrogen and oxygen atoms in total. The first-order valence-electron chi connectivity index (χ1n) is 10.7. The highest BCUT2D eigenvalue weighted by Crippen LogP contribution is 2.28. The van der Waals surface area contributed by atoms with Crippen LogP contribution in [0, 0.1) is 5.92 Å². The average molecular weight is 479 g/mol. The quantitative estimate of drug-likeness (QED) is 0.459. The average Bonchev–Trinajstić information content (AvgIpc) is 3.33. The van der Waals surface area contributed by atoms with Gasteiger partial charge in [0.05, 0.1) is 10.6 Å². The Morgan fingerprint density at radius 1 is 1.00 bits per heavy atom. The molecular formula is C24H22N4O3S2. The Morgan fingerprint density at radius 2 is 1.73 bits per heavy atom. The molecule has 2 aromatic carbocycles. The maximum absolute atomic E-state index is 13.1. The van der Waals surface area contributed by atoms with Gasteiger partial charge in [-0.1, -0.05) is 30.3 Å². The molecule has 1 saturated heterocycles. The van der Waals surface area contributed by atoms with E-state index in [4.69, 9.17) is 0 Å². The predicted molar refractivity (Wildman–Crippen MR) is 129 cm³/mol. The zero-order valence-electron chi connectivity index (χ0n) is 17.7. The first-order valence-corrected chi connectivity index (χ1v) is 13.0. The van der Waals surface area contributed by atoms with Crippen molar-refractivity contribution >= 4 is 43.2 Å². The van der Waals surface area contributed by atoms with Crippen LogP contribution in [0.15, 0.2) is 77.3 Å². The Bertz CT molecular complexity index is 1400. The smallest absolute Gasteiger partial charge is 0.243 e. The SMILES string of the molecule is O=C(Nc1nc(-c2ccncc2)cs1)C1CCN(S(=O)(=O)c2ccc3ccccc3c2)CC1. The van der Waals surface area contributed by atoms with Gasteiger partial charge in [0.15, 0.2) is 5.13 Å². The molecule has 2 aromatic heterocycles. The number of thiazole rings is 1. The van der Waals surface area contributed by atoms with Crippen molar-refractivity contribution in [1.82, 2.24) is 14.3 Å². The van der Waals surface area contributed by atoms with Gasteiger partial charge in [-0.05, 0) is 47.9 Å². The van der Waals surface area contributed by atoms with E-state index in [2.05, 4.69) is 15.3 Å². The van der Waals surface area contributed by atoms with Gasteiger partial charge in [-0.3, -0.25) is 9.78 Å². The fraction of sp³-hybridized carbons (Fsp3) is 0.208. The number of amides is 1. The number of anilines is 1. The number of nitrogens with one attached hydrogen (secondary N) is 1. The molecule has 0 spiro atoms. The van der Waals surface area contributed by atoms with E-state index in [1.807, 2.05) is 47.8 Å². The molecule has 4 aromatic rings. The molecule has 0 saturated carbocycles. The number of fused-ring (bicyclic) bond motifs is 1. The van der Waals surface area contributed by atoms with Crippen LogP contribution in [0.25, 0.3) is 22.0 Å². The zero-order valence-corrected chi connectivity index (χ0v) is 19.3. The van der Waals surface area contributed by atoms with Crippen LogP contribution in [0.2, 0.25) is 0 Å². The van der Waals surface area contributed by atoms with Gasteiger partial charge in [0, 0.05) is 42.3 Å². The van der Waals surface area contributed by atoms with Crippen LogP contribution in [0.1, 0.15) is 12.8 Å². The van der Waals surface area contributed by atoms with Crippen LogP contribution in [0.4, 0.5) is 5.13 Å². The van der Waals surface area contributed by atoms with Crippen LogP contribution < -0.4 is 5.32 Å². The fourth-order valence-electron chi connectivity index (χ4n) is 4.03. The second-order valence-electron chi connectivity index (χ2n) is 7.95. The Labute approximate surface area is 196 Å². The molecule has 1 aliphatic heterocycles. The van der Waals surface area contributed by atoms with Crippen molar-refractivity contribution in [3.05, 3.63) is 72.4 Å². The van der Waals surface area contributed by atoms with E-state index in [-0.39, 0.29) is 16.7 Å². The van der Waals surface area contributed by atoms with Gasteiger partial charge >= 0.3 is 0 Å². The normalized spacial score (nSPS) is 15.5. The number of carbonyl (C=O) groups excluding carboxylic acids is 1. The number of sulfonamides is 1. The maximum Gasteiger partial charge on any atom is 0.243 e. The maximum atomic E-state index is 13.1. The Morgan fingerprint density at radius 3 is 2.48 bits per heavy atom. The summed E-state index contributed by atoms with van der Waals surface area (Å²) < 4.78 is 27.8. The molecule has 1 fully saturated rings. The molecule has 9 heteroatoms. The van der Waals surface area contributed by atoms with Crippen molar-refractivity contribution in [1.29, 1.82) is 0 Å². The number of hydrogen-bond acceptors (Lipinski definition) is 6. The number of hydrogen-bond donors (Lipinski definition) is 1. The summed E-state index contributed by atoms with van der Waals surface area (Å²) in [6, 6.07) is 16.6. The molecule has 0 radical (unpaired) electrons. The molecule has 0 aliphatic carbocycles. The van der Waals surface area contributed by atoms with Gasteiger partial charge in [0.25, 0.3) is 0 Å². The van der Waals surface area contributed by atoms with E-state index in [1.165, 1.54) is 15.6 Å². The summed E-state index contributed by atoms with van der Waals surface area (Å²) in [6.45, 7) is 0.626. The lowest BCUT2D eigenvalue weighted by Gasteiger charge is -2.30. The van der Waals surface area contributed by atoms with Crippen LogP contribution in [-0.4, -0.2) is 41.7 Å². The van der Waals surface area contributed by atoms with Crippen LogP contribution in [0.3, 0.4) is 0 Å². The number of aromatic nitrogens is 2. The standard InChI is InChI=1S/C24H22N4O3S2/c29-23(27-24-26-22(16-32-24)18-7-11-25-12-8-18)19-9-13-28(14-10-19)33(30,31)21-6-5-17-3-1-2-4-20(17)15-21/h1-8,11-12,15-16,19H,9-10,13-14H2,(H,26,27,29). The molecule has 1 amide bonds. The highest BCUT2D eigenvalue weighted by atomic mass is 32.2. The largest absolute Gasteiger partial charge is 0.302 e. The molecular weight excluding hydrogens is 456 g/mol. The number of benzene rings is 2. The van der Waals surface area contributed by atoms with Crippen LogP contribution in [-0.2, 0) is 14.8 Å². The molecule has 0 unspecified atom stereocenters. The minimum absolute atomic E-state index is 0.117. The van der Waals surface area contributed by atoms with Crippen molar-refractivity contribution in [2.24, 2.45) is 5.92 Å². The molecule has 1 aliphatic rings. The number of carbonyl (C=O) groups is 1. The predicted octanol–water partition coefficient (Wildman–Crippen LogP) is 4.40.